The Morgan fingerprint density at radius 1 is 0.700 bits per heavy atom. The van der Waals surface area contributed by atoms with Gasteiger partial charge in [0.25, 0.3) is 0 Å². The number of hydrogen-bond acceptors (Lipinski definition) is 4. The van der Waals surface area contributed by atoms with Crippen LogP contribution in [0, 0.1) is 0 Å². The highest BCUT2D eigenvalue weighted by Crippen LogP contribution is 2.54. The molecule has 3 nitrogen and oxygen atoms in total. The summed E-state index contributed by atoms with van der Waals surface area (Å²) < 4.78 is 5.03. The molecule has 40 heavy (non-hydrogen) atoms. The van der Waals surface area contributed by atoms with E-state index < -0.39 is 0 Å². The van der Waals surface area contributed by atoms with Crippen molar-refractivity contribution in [2.45, 2.75) is 19.3 Å². The number of rotatable bonds is 1. The number of aromatic nitrogens is 1. The van der Waals surface area contributed by atoms with Crippen molar-refractivity contribution in [1.29, 1.82) is 0 Å². The smallest absolute Gasteiger partial charge is 0.197 e. The maximum absolute atomic E-state index is 13.2. The van der Waals surface area contributed by atoms with Crippen LogP contribution in [0.3, 0.4) is 0 Å². The third-order valence-electron chi connectivity index (χ3n) is 8.75. The van der Waals surface area contributed by atoms with Crippen LogP contribution >= 0.6 is 22.7 Å². The minimum atomic E-state index is -0.262. The molecule has 0 N–H and O–H groups in total. The molecule has 0 bridgehead atoms. The summed E-state index contributed by atoms with van der Waals surface area (Å²) in [6.07, 6.45) is 1.81. The summed E-state index contributed by atoms with van der Waals surface area (Å²) in [5.74, 6) is -0.370. The zero-order valence-corrected chi connectivity index (χ0v) is 23.4. The molecule has 7 aromatic rings. The molecule has 5 heteroatoms. The number of nitrogens with zero attached hydrogens (tertiary/aromatic N) is 1. The van der Waals surface area contributed by atoms with E-state index in [0.717, 1.165) is 9.88 Å². The Balaban J connectivity index is 1.37. The second kappa shape index (κ2) is 7.45. The number of fused-ring (bicyclic) bond motifs is 10. The molecule has 0 saturated heterocycles. The Hall–Kier alpha value is -4.32. The summed E-state index contributed by atoms with van der Waals surface area (Å²) in [6.45, 7) is 4.60. The van der Waals surface area contributed by atoms with Crippen LogP contribution in [0.25, 0.3) is 53.1 Å². The number of carbonyl (C=O) groups excluding carboxylic acids is 2. The summed E-state index contributed by atoms with van der Waals surface area (Å²) in [4.78, 5) is 27.3. The quantitative estimate of drug-likeness (QED) is 0.151. The molecule has 190 valence electrons. The van der Waals surface area contributed by atoms with Gasteiger partial charge in [-0.3, -0.25) is 9.59 Å². The van der Waals surface area contributed by atoms with Gasteiger partial charge >= 0.3 is 0 Å². The molecule has 4 heterocycles. The van der Waals surface area contributed by atoms with Gasteiger partial charge in [0.1, 0.15) is 5.00 Å². The van der Waals surface area contributed by atoms with Crippen molar-refractivity contribution >= 4 is 82.3 Å². The van der Waals surface area contributed by atoms with Gasteiger partial charge in [-0.2, -0.15) is 0 Å². The lowest BCUT2D eigenvalue weighted by Crippen LogP contribution is -2.24. The van der Waals surface area contributed by atoms with E-state index in [1.165, 1.54) is 53.1 Å². The molecular formula is C35H21NO2S2. The normalized spacial score (nSPS) is 15.5. The summed E-state index contributed by atoms with van der Waals surface area (Å²) in [5.41, 5.74) is 5.96. The largest absolute Gasteiger partial charge is 0.300 e. The highest BCUT2D eigenvalue weighted by atomic mass is 32.1. The lowest BCUT2D eigenvalue weighted by Gasteiger charge is -2.32. The summed E-state index contributed by atoms with van der Waals surface area (Å²) in [7, 11) is 0. The third-order valence-corrected chi connectivity index (χ3v) is 10.9. The number of ketones is 2. The van der Waals surface area contributed by atoms with Gasteiger partial charge in [-0.1, -0.05) is 74.5 Å². The van der Waals surface area contributed by atoms with Gasteiger partial charge in [0.15, 0.2) is 11.6 Å². The molecule has 1 aliphatic heterocycles. The number of carbonyl (C=O) groups is 2. The first-order valence-corrected chi connectivity index (χ1v) is 15.0. The average molecular weight is 552 g/mol. The van der Waals surface area contributed by atoms with E-state index >= 15 is 0 Å². The van der Waals surface area contributed by atoms with Crippen LogP contribution in [0.1, 0.15) is 50.6 Å². The second-order valence-corrected chi connectivity index (χ2v) is 13.4. The van der Waals surface area contributed by atoms with Gasteiger partial charge in [-0.15, -0.1) is 22.7 Å². The highest BCUT2D eigenvalue weighted by molar-refractivity contribution is 7.26. The Morgan fingerprint density at radius 2 is 1.38 bits per heavy atom. The van der Waals surface area contributed by atoms with Gasteiger partial charge in [0, 0.05) is 52.4 Å². The van der Waals surface area contributed by atoms with Crippen LogP contribution in [0.5, 0.6) is 0 Å². The molecule has 2 aliphatic rings. The predicted molar refractivity (Wildman–Crippen MR) is 167 cm³/mol. The van der Waals surface area contributed by atoms with Gasteiger partial charge in [0.2, 0.25) is 0 Å². The Kier molecular flexibility index (Phi) is 4.19. The summed E-state index contributed by atoms with van der Waals surface area (Å²) >= 11 is 3.52. The van der Waals surface area contributed by atoms with Crippen LogP contribution in [0.15, 0.2) is 90.5 Å². The number of allylic oxidation sites excluding steroid dienone is 1. The number of para-hydroxylation sites is 1. The molecule has 0 amide bonds. The van der Waals surface area contributed by atoms with Gasteiger partial charge < -0.3 is 4.57 Å². The monoisotopic (exact) mass is 551 g/mol. The Morgan fingerprint density at radius 3 is 2.15 bits per heavy atom. The fourth-order valence-corrected chi connectivity index (χ4v) is 9.27. The molecule has 3 aromatic heterocycles. The Bertz CT molecular complexity index is 2300. The lowest BCUT2D eigenvalue weighted by atomic mass is 9.76. The third kappa shape index (κ3) is 2.64. The number of benzene rings is 4. The van der Waals surface area contributed by atoms with Gasteiger partial charge in [0.05, 0.1) is 16.6 Å². The first-order valence-electron chi connectivity index (χ1n) is 13.4. The van der Waals surface area contributed by atoms with E-state index in [1.807, 2.05) is 29.5 Å². The first-order chi connectivity index (χ1) is 19.4. The molecule has 0 spiro atoms. The number of thiophene rings is 2. The van der Waals surface area contributed by atoms with Crippen molar-refractivity contribution in [2.24, 2.45) is 0 Å². The molecule has 1 aliphatic carbocycles. The fourth-order valence-electron chi connectivity index (χ4n) is 6.83. The SMILES string of the molecule is CC1(C)c2cc(C=C3C(=O)c4ccccc4C3=O)sc2-n2c3ccccc3c3c4c(cc1c32)sc1ccccc14. The summed E-state index contributed by atoms with van der Waals surface area (Å²) in [5, 5.41) is 6.35. The molecule has 9 rings (SSSR count). The lowest BCUT2D eigenvalue weighted by molar-refractivity contribution is 0.0990. The maximum atomic E-state index is 13.2. The molecule has 0 radical (unpaired) electrons. The topological polar surface area (TPSA) is 39.1 Å². The highest BCUT2D eigenvalue weighted by Gasteiger charge is 2.39. The first kappa shape index (κ1) is 22.5. The molecule has 4 aromatic carbocycles. The van der Waals surface area contributed by atoms with Crippen LogP contribution in [-0.2, 0) is 5.41 Å². The van der Waals surface area contributed by atoms with E-state index in [-0.39, 0.29) is 22.6 Å². The molecule has 0 atom stereocenters. The van der Waals surface area contributed by atoms with E-state index in [1.54, 1.807) is 23.5 Å². The second-order valence-electron chi connectivity index (χ2n) is 11.2. The van der Waals surface area contributed by atoms with E-state index in [2.05, 4.69) is 79.1 Å². The van der Waals surface area contributed by atoms with E-state index in [0.29, 0.717) is 11.1 Å². The Labute approximate surface area is 237 Å². The van der Waals surface area contributed by atoms with Crippen molar-refractivity contribution in [2.75, 3.05) is 0 Å². The molecule has 0 fully saturated rings. The summed E-state index contributed by atoms with van der Waals surface area (Å²) in [6, 6.07) is 29.1. The van der Waals surface area contributed by atoms with Crippen molar-refractivity contribution in [3.8, 4) is 5.00 Å². The van der Waals surface area contributed by atoms with Crippen molar-refractivity contribution < 1.29 is 9.59 Å². The minimum absolute atomic E-state index is 0.185. The maximum Gasteiger partial charge on any atom is 0.197 e. The van der Waals surface area contributed by atoms with Gasteiger partial charge in [-0.25, -0.2) is 0 Å². The zero-order valence-electron chi connectivity index (χ0n) is 21.7. The van der Waals surface area contributed by atoms with E-state index in [9.17, 15) is 9.59 Å². The van der Waals surface area contributed by atoms with Crippen molar-refractivity contribution in [3.05, 3.63) is 118 Å². The van der Waals surface area contributed by atoms with E-state index in [4.69, 9.17) is 0 Å². The number of Topliss-reactive ketones (excluding diaryl/α,β-unsaturated/α-hetero) is 2. The minimum Gasteiger partial charge on any atom is -0.300 e. The van der Waals surface area contributed by atoms with Gasteiger partial charge in [-0.05, 0) is 41.5 Å². The average Bonchev–Trinajstić information content (AvgIpc) is 3.70. The fraction of sp³-hybridized carbons (Fsp3) is 0.0857. The molecule has 0 saturated carbocycles. The standard InChI is InChI=1S/C35H21NO2S2/c1-35(2)24-17-28-29(22-12-6-8-14-27(22)40-28)30-21-11-5-7-13-26(21)36(31(24)30)34-25(35)16-18(39-34)15-23-32(37)19-9-3-4-10-20(19)33(23)38/h3-17H,1-2H3. The van der Waals surface area contributed by atoms with Crippen molar-refractivity contribution in [1.82, 2.24) is 4.57 Å². The van der Waals surface area contributed by atoms with Crippen LogP contribution < -0.4 is 0 Å². The van der Waals surface area contributed by atoms with Crippen LogP contribution in [0.2, 0.25) is 0 Å². The predicted octanol–water partition coefficient (Wildman–Crippen LogP) is 9.31. The van der Waals surface area contributed by atoms with Crippen LogP contribution in [-0.4, -0.2) is 16.1 Å². The number of hydrogen-bond donors (Lipinski definition) is 0. The zero-order chi connectivity index (χ0) is 26.9. The molecular weight excluding hydrogens is 531 g/mol. The molecule has 0 unspecified atom stereocenters. The van der Waals surface area contributed by atoms with Crippen molar-refractivity contribution in [3.63, 3.8) is 0 Å². The van der Waals surface area contributed by atoms with Crippen LogP contribution in [0.4, 0.5) is 0 Å².